The Labute approximate surface area is 232 Å². The van der Waals surface area contributed by atoms with Gasteiger partial charge in [-0.3, -0.25) is 0 Å². The van der Waals surface area contributed by atoms with Gasteiger partial charge in [0.1, 0.15) is 11.4 Å². The van der Waals surface area contributed by atoms with E-state index >= 15 is 0 Å². The van der Waals surface area contributed by atoms with Gasteiger partial charge in [-0.15, -0.1) is 10.2 Å². The molecule has 0 aliphatic heterocycles. The van der Waals surface area contributed by atoms with Crippen molar-refractivity contribution in [3.63, 3.8) is 0 Å². The summed E-state index contributed by atoms with van der Waals surface area (Å²) in [5, 5.41) is 21.2. The molecule has 4 aromatic carbocycles. The van der Waals surface area contributed by atoms with Crippen LogP contribution in [0.5, 0.6) is 0 Å². The van der Waals surface area contributed by atoms with E-state index in [0.29, 0.717) is 11.4 Å². The van der Waals surface area contributed by atoms with Crippen LogP contribution in [0.2, 0.25) is 0 Å². The van der Waals surface area contributed by atoms with Crippen molar-refractivity contribution in [1.82, 2.24) is 9.97 Å². The van der Waals surface area contributed by atoms with E-state index in [1.54, 1.807) is 0 Å². The van der Waals surface area contributed by atoms with E-state index in [0.717, 1.165) is 55.5 Å². The smallest absolute Gasteiger partial charge is 0.121 e. The van der Waals surface area contributed by atoms with E-state index in [1.165, 1.54) is 0 Å². The SMILES string of the molecule is C\C(=N/N=C(\C(=N/N=C(\C)c1c[nH]c2ccccc12)c1ccccc1)c1ccccc1)c1c[nH]c2ccccc12. The quantitative estimate of drug-likeness (QED) is 0.159. The van der Waals surface area contributed by atoms with Crippen LogP contribution in [0.25, 0.3) is 21.8 Å². The van der Waals surface area contributed by atoms with Gasteiger partial charge < -0.3 is 9.97 Å². The van der Waals surface area contributed by atoms with Gasteiger partial charge in [0.25, 0.3) is 0 Å². The maximum Gasteiger partial charge on any atom is 0.121 e. The van der Waals surface area contributed by atoms with Crippen LogP contribution in [0.4, 0.5) is 0 Å². The van der Waals surface area contributed by atoms with E-state index in [9.17, 15) is 0 Å². The molecule has 0 amide bonds. The monoisotopic (exact) mass is 520 g/mol. The first-order chi connectivity index (χ1) is 19.7. The average molecular weight is 521 g/mol. The van der Waals surface area contributed by atoms with Gasteiger partial charge in [-0.2, -0.15) is 10.2 Å². The molecule has 0 atom stereocenters. The Balaban J connectivity index is 1.49. The molecule has 2 aromatic heterocycles. The summed E-state index contributed by atoms with van der Waals surface area (Å²) < 4.78 is 0. The van der Waals surface area contributed by atoms with Crippen molar-refractivity contribution in [2.45, 2.75) is 13.8 Å². The highest BCUT2D eigenvalue weighted by molar-refractivity contribution is 6.53. The molecule has 0 spiro atoms. The van der Waals surface area contributed by atoms with Crippen molar-refractivity contribution in [3.8, 4) is 0 Å². The molecule has 6 rings (SSSR count). The van der Waals surface area contributed by atoms with E-state index in [2.05, 4.69) is 34.2 Å². The third-order valence-electron chi connectivity index (χ3n) is 6.88. The molecule has 2 N–H and O–H groups in total. The number of para-hydroxylation sites is 2. The summed E-state index contributed by atoms with van der Waals surface area (Å²) in [5.41, 5.74) is 8.84. The Morgan fingerprint density at radius 2 is 0.825 bits per heavy atom. The lowest BCUT2D eigenvalue weighted by atomic mass is 10.00. The second-order valence-corrected chi connectivity index (χ2v) is 9.50. The van der Waals surface area contributed by atoms with Gasteiger partial charge in [-0.05, 0) is 26.0 Å². The van der Waals surface area contributed by atoms with Crippen LogP contribution < -0.4 is 0 Å². The second kappa shape index (κ2) is 11.2. The minimum absolute atomic E-state index is 0.640. The minimum Gasteiger partial charge on any atom is -0.360 e. The molecule has 0 aliphatic rings. The summed E-state index contributed by atoms with van der Waals surface area (Å²) in [5.74, 6) is 0. The predicted molar refractivity (Wildman–Crippen MR) is 167 cm³/mol. The van der Waals surface area contributed by atoms with Crippen molar-refractivity contribution in [2.24, 2.45) is 20.4 Å². The number of rotatable bonds is 7. The zero-order valence-electron chi connectivity index (χ0n) is 22.3. The molecule has 40 heavy (non-hydrogen) atoms. The molecular weight excluding hydrogens is 492 g/mol. The minimum atomic E-state index is 0.640. The van der Waals surface area contributed by atoms with Gasteiger partial charge in [-0.25, -0.2) is 0 Å². The van der Waals surface area contributed by atoms with Gasteiger partial charge >= 0.3 is 0 Å². The Morgan fingerprint density at radius 3 is 1.25 bits per heavy atom. The molecule has 0 saturated carbocycles. The number of nitrogens with one attached hydrogen (secondary N) is 2. The largest absolute Gasteiger partial charge is 0.360 e. The summed E-state index contributed by atoms with van der Waals surface area (Å²) in [6.45, 7) is 3.95. The van der Waals surface area contributed by atoms with Crippen molar-refractivity contribution in [2.75, 3.05) is 0 Å². The Bertz CT molecular complexity index is 1760. The highest BCUT2D eigenvalue weighted by Crippen LogP contribution is 2.20. The highest BCUT2D eigenvalue weighted by Gasteiger charge is 2.16. The molecule has 0 radical (unpaired) electrons. The number of H-pyrrole nitrogens is 2. The zero-order valence-corrected chi connectivity index (χ0v) is 22.3. The van der Waals surface area contributed by atoms with Gasteiger partial charge in [0, 0.05) is 56.5 Å². The van der Waals surface area contributed by atoms with Crippen molar-refractivity contribution in [1.29, 1.82) is 0 Å². The van der Waals surface area contributed by atoms with Crippen LogP contribution in [0.1, 0.15) is 36.1 Å². The molecule has 0 unspecified atom stereocenters. The number of hydrogen-bond donors (Lipinski definition) is 2. The van der Waals surface area contributed by atoms with E-state index in [-0.39, 0.29) is 0 Å². The molecular formula is C34H28N6. The maximum absolute atomic E-state index is 4.81. The molecule has 0 fully saturated rings. The van der Waals surface area contributed by atoms with Crippen molar-refractivity contribution in [3.05, 3.63) is 144 Å². The van der Waals surface area contributed by atoms with Gasteiger partial charge in [0.05, 0.1) is 11.4 Å². The molecule has 0 saturated heterocycles. The standard InChI is InChI=1S/C34H28N6/c1-23(29-21-35-31-19-11-9-17-27(29)31)37-39-33(25-13-5-3-6-14-25)34(26-15-7-4-8-16-26)40-38-24(2)30-22-36-32-20-12-10-18-28(30)32/h3-22,35-36H,1-2H3/b37-23+,38-24+,39-33-,40-34-. The molecule has 0 bridgehead atoms. The van der Waals surface area contributed by atoms with Crippen LogP contribution >= 0.6 is 0 Å². The number of fused-ring (bicyclic) bond motifs is 2. The fourth-order valence-corrected chi connectivity index (χ4v) is 4.78. The van der Waals surface area contributed by atoms with Crippen molar-refractivity contribution >= 4 is 44.7 Å². The van der Waals surface area contributed by atoms with Crippen LogP contribution in [0.15, 0.2) is 142 Å². The molecule has 2 heterocycles. The first-order valence-corrected chi connectivity index (χ1v) is 13.2. The van der Waals surface area contributed by atoms with Crippen LogP contribution in [-0.2, 0) is 0 Å². The first-order valence-electron chi connectivity index (χ1n) is 13.2. The molecule has 6 heteroatoms. The third kappa shape index (κ3) is 5.02. The number of hydrogen-bond acceptors (Lipinski definition) is 4. The lowest BCUT2D eigenvalue weighted by molar-refractivity contribution is 1.21. The number of aromatic amines is 2. The first kappa shape index (κ1) is 24.9. The molecule has 194 valence electrons. The van der Waals surface area contributed by atoms with Gasteiger partial charge in [0.2, 0.25) is 0 Å². The van der Waals surface area contributed by atoms with E-state index in [4.69, 9.17) is 20.4 Å². The molecule has 0 aliphatic carbocycles. The topological polar surface area (TPSA) is 81.0 Å². The van der Waals surface area contributed by atoms with Crippen LogP contribution in [-0.4, -0.2) is 32.8 Å². The lowest BCUT2D eigenvalue weighted by Crippen LogP contribution is -2.17. The van der Waals surface area contributed by atoms with E-state index in [1.807, 2.05) is 111 Å². The average Bonchev–Trinajstić information content (AvgIpc) is 3.64. The predicted octanol–water partition coefficient (Wildman–Crippen LogP) is 7.78. The summed E-state index contributed by atoms with van der Waals surface area (Å²) in [7, 11) is 0. The van der Waals surface area contributed by atoms with E-state index < -0.39 is 0 Å². The Morgan fingerprint density at radius 1 is 0.450 bits per heavy atom. The van der Waals surface area contributed by atoms with Crippen LogP contribution in [0, 0.1) is 0 Å². The fourth-order valence-electron chi connectivity index (χ4n) is 4.78. The summed E-state index contributed by atoms with van der Waals surface area (Å²) in [4.78, 5) is 6.64. The summed E-state index contributed by atoms with van der Waals surface area (Å²) in [6.07, 6.45) is 3.95. The number of nitrogens with zero attached hydrogens (tertiary/aromatic N) is 4. The second-order valence-electron chi connectivity index (χ2n) is 9.50. The van der Waals surface area contributed by atoms with Crippen molar-refractivity contribution < 1.29 is 0 Å². The third-order valence-corrected chi connectivity index (χ3v) is 6.88. The normalized spacial score (nSPS) is 13.3. The fraction of sp³-hybridized carbons (Fsp3) is 0.0588. The summed E-state index contributed by atoms with van der Waals surface area (Å²) in [6, 6.07) is 36.4. The molecule has 6 aromatic rings. The Hall–Kier alpha value is -5.36. The van der Waals surface area contributed by atoms with Gasteiger partial charge in [-0.1, -0.05) is 97.1 Å². The maximum atomic E-state index is 4.81. The lowest BCUT2D eigenvalue weighted by Gasteiger charge is -2.09. The highest BCUT2D eigenvalue weighted by atomic mass is 15.2. The number of benzene rings is 4. The zero-order chi connectivity index (χ0) is 27.3. The van der Waals surface area contributed by atoms with Crippen LogP contribution in [0.3, 0.4) is 0 Å². The Kier molecular flexibility index (Phi) is 6.97. The number of aromatic nitrogens is 2. The summed E-state index contributed by atoms with van der Waals surface area (Å²) >= 11 is 0. The molecule has 6 nitrogen and oxygen atoms in total. The van der Waals surface area contributed by atoms with Gasteiger partial charge in [0.15, 0.2) is 0 Å².